The number of carbonyl (C=O) groups is 1. The molecule has 146 valence electrons. The van der Waals surface area contributed by atoms with Crippen molar-refractivity contribution >= 4 is 17.5 Å². The minimum absolute atomic E-state index is 0.0261. The molecule has 0 aromatic heterocycles. The van der Waals surface area contributed by atoms with Gasteiger partial charge in [-0.05, 0) is 73.9 Å². The molecule has 4 aliphatic rings. The molecule has 2 aromatic rings. The summed E-state index contributed by atoms with van der Waals surface area (Å²) in [5.41, 5.74) is 2.59. The van der Waals surface area contributed by atoms with E-state index in [0.717, 1.165) is 37.5 Å². The van der Waals surface area contributed by atoms with Crippen molar-refractivity contribution in [2.45, 2.75) is 43.1 Å². The number of rotatable bonds is 3. The highest BCUT2D eigenvalue weighted by atomic mass is 35.5. The maximum absolute atomic E-state index is 13.3. The fraction of sp³-hybridized carbons (Fsp3) is 0.458. The van der Waals surface area contributed by atoms with E-state index in [9.17, 15) is 4.79 Å². The van der Waals surface area contributed by atoms with Crippen LogP contribution in [-0.2, 0) is 4.79 Å². The molecule has 1 amide bonds. The van der Waals surface area contributed by atoms with Crippen molar-refractivity contribution in [1.82, 2.24) is 10.2 Å². The topological polar surface area (TPSA) is 32.3 Å². The summed E-state index contributed by atoms with van der Waals surface area (Å²) < 4.78 is 0. The predicted octanol–water partition coefficient (Wildman–Crippen LogP) is 4.58. The van der Waals surface area contributed by atoms with Gasteiger partial charge in [0.25, 0.3) is 0 Å². The Morgan fingerprint density at radius 3 is 2.14 bits per heavy atom. The second-order valence-electron chi connectivity index (χ2n) is 8.75. The van der Waals surface area contributed by atoms with E-state index < -0.39 is 0 Å². The molecule has 3 saturated heterocycles. The van der Waals surface area contributed by atoms with Gasteiger partial charge in [0.15, 0.2) is 0 Å². The Bertz CT molecular complexity index is 847. The summed E-state index contributed by atoms with van der Waals surface area (Å²) >= 11 is 6.16. The number of fused-ring (bicyclic) bond motifs is 4. The van der Waals surface area contributed by atoms with E-state index in [1.807, 2.05) is 12.1 Å². The Labute approximate surface area is 172 Å². The molecule has 1 aliphatic carbocycles. The SMILES string of the molecule is O=C1NCC2(N3CCCC3)CC(c3ccccc3)C1C(c1ccc(Cl)cc1)C2. The fourth-order valence-corrected chi connectivity index (χ4v) is 6.06. The number of carbonyl (C=O) groups excluding carboxylic acids is 1. The van der Waals surface area contributed by atoms with Crippen molar-refractivity contribution in [2.75, 3.05) is 19.6 Å². The first-order chi connectivity index (χ1) is 13.7. The lowest BCUT2D eigenvalue weighted by atomic mass is 9.61. The molecule has 4 fully saturated rings. The quantitative estimate of drug-likeness (QED) is 0.826. The standard InChI is InChI=1S/C24H27ClN2O/c25-19-10-8-18(9-11-19)21-15-24(27-12-4-5-13-27)14-20(17-6-2-1-3-7-17)22(21)23(28)26-16-24/h1-3,6-11,20-22H,4-5,12-16H2,(H,26,28). The molecule has 1 N–H and O–H groups in total. The van der Waals surface area contributed by atoms with Crippen LogP contribution in [0.4, 0.5) is 0 Å². The second-order valence-corrected chi connectivity index (χ2v) is 9.18. The summed E-state index contributed by atoms with van der Waals surface area (Å²) in [6.07, 6.45) is 4.63. The summed E-state index contributed by atoms with van der Waals surface area (Å²) in [6.45, 7) is 3.07. The zero-order valence-electron chi connectivity index (χ0n) is 16.1. The molecule has 4 unspecified atom stereocenters. The first-order valence-corrected chi connectivity index (χ1v) is 10.9. The van der Waals surface area contributed by atoms with Crippen LogP contribution in [-0.4, -0.2) is 36.0 Å². The van der Waals surface area contributed by atoms with E-state index in [-0.39, 0.29) is 29.2 Å². The Balaban J connectivity index is 1.62. The minimum Gasteiger partial charge on any atom is -0.354 e. The van der Waals surface area contributed by atoms with E-state index >= 15 is 0 Å². The van der Waals surface area contributed by atoms with E-state index in [2.05, 4.69) is 52.7 Å². The largest absolute Gasteiger partial charge is 0.354 e. The molecule has 0 spiro atoms. The molecule has 6 rings (SSSR count). The molecule has 2 aromatic carbocycles. The van der Waals surface area contributed by atoms with Crippen LogP contribution in [0.25, 0.3) is 0 Å². The van der Waals surface area contributed by atoms with Gasteiger partial charge >= 0.3 is 0 Å². The van der Waals surface area contributed by atoms with Gasteiger partial charge < -0.3 is 5.32 Å². The Hall–Kier alpha value is -1.84. The third kappa shape index (κ3) is 3.05. The smallest absolute Gasteiger partial charge is 0.224 e. The maximum atomic E-state index is 13.3. The number of benzene rings is 2. The van der Waals surface area contributed by atoms with Crippen LogP contribution in [0.2, 0.25) is 5.02 Å². The lowest BCUT2D eigenvalue weighted by molar-refractivity contribution is -0.125. The van der Waals surface area contributed by atoms with Gasteiger partial charge in [-0.1, -0.05) is 54.1 Å². The number of hydrogen-bond acceptors (Lipinski definition) is 2. The number of nitrogens with zero attached hydrogens (tertiary/aromatic N) is 1. The van der Waals surface area contributed by atoms with Gasteiger partial charge in [0, 0.05) is 17.1 Å². The maximum Gasteiger partial charge on any atom is 0.224 e. The minimum atomic E-state index is -0.0261. The summed E-state index contributed by atoms with van der Waals surface area (Å²) in [7, 11) is 0. The van der Waals surface area contributed by atoms with Crippen LogP contribution in [0.5, 0.6) is 0 Å². The van der Waals surface area contributed by atoms with Crippen LogP contribution in [0, 0.1) is 5.92 Å². The molecule has 0 radical (unpaired) electrons. The summed E-state index contributed by atoms with van der Waals surface area (Å²) in [5.74, 6) is 0.659. The number of nitrogens with one attached hydrogen (secondary N) is 1. The molecule has 28 heavy (non-hydrogen) atoms. The fourth-order valence-electron chi connectivity index (χ4n) is 5.94. The molecule has 3 aliphatic heterocycles. The lowest BCUT2D eigenvalue weighted by Gasteiger charge is -2.49. The summed E-state index contributed by atoms with van der Waals surface area (Å²) in [5, 5.41) is 4.08. The van der Waals surface area contributed by atoms with Crippen molar-refractivity contribution < 1.29 is 4.79 Å². The van der Waals surface area contributed by atoms with Crippen molar-refractivity contribution in [3.63, 3.8) is 0 Å². The van der Waals surface area contributed by atoms with Crippen molar-refractivity contribution in [2.24, 2.45) is 5.92 Å². The van der Waals surface area contributed by atoms with Gasteiger partial charge in [-0.2, -0.15) is 0 Å². The van der Waals surface area contributed by atoms with Crippen molar-refractivity contribution in [3.8, 4) is 0 Å². The molecular weight excluding hydrogens is 368 g/mol. The van der Waals surface area contributed by atoms with Gasteiger partial charge in [0.1, 0.15) is 0 Å². The number of halogens is 1. The molecule has 1 saturated carbocycles. The van der Waals surface area contributed by atoms with Crippen LogP contribution >= 0.6 is 11.6 Å². The number of amides is 1. The van der Waals surface area contributed by atoms with Gasteiger partial charge in [0.05, 0.1) is 5.92 Å². The Morgan fingerprint density at radius 2 is 1.50 bits per heavy atom. The normalized spacial score (nSPS) is 32.9. The lowest BCUT2D eigenvalue weighted by Crippen LogP contribution is -2.55. The molecule has 3 nitrogen and oxygen atoms in total. The molecule has 3 heterocycles. The van der Waals surface area contributed by atoms with Crippen LogP contribution in [0.1, 0.15) is 48.6 Å². The number of likely N-dealkylation sites (tertiary alicyclic amines) is 1. The molecular formula is C24H27ClN2O. The first-order valence-electron chi connectivity index (χ1n) is 10.5. The highest BCUT2D eigenvalue weighted by Crippen LogP contribution is 2.54. The van der Waals surface area contributed by atoms with E-state index in [1.54, 1.807) is 0 Å². The van der Waals surface area contributed by atoms with Gasteiger partial charge in [-0.25, -0.2) is 0 Å². The highest BCUT2D eigenvalue weighted by molar-refractivity contribution is 6.30. The van der Waals surface area contributed by atoms with Crippen molar-refractivity contribution in [3.05, 3.63) is 70.7 Å². The van der Waals surface area contributed by atoms with E-state index in [1.165, 1.54) is 24.0 Å². The zero-order chi connectivity index (χ0) is 19.1. The third-order valence-corrected chi connectivity index (χ3v) is 7.52. The summed E-state index contributed by atoms with van der Waals surface area (Å²) in [6, 6.07) is 18.9. The van der Waals surface area contributed by atoms with Gasteiger partial charge in [-0.3, -0.25) is 9.69 Å². The molecule has 4 heteroatoms. The van der Waals surface area contributed by atoms with E-state index in [4.69, 9.17) is 11.6 Å². The van der Waals surface area contributed by atoms with Crippen LogP contribution in [0.15, 0.2) is 54.6 Å². The molecule has 2 bridgehead atoms. The molecule has 4 atom stereocenters. The Kier molecular flexibility index (Phi) is 4.68. The van der Waals surface area contributed by atoms with Gasteiger partial charge in [0.2, 0.25) is 5.91 Å². The predicted molar refractivity (Wildman–Crippen MR) is 113 cm³/mol. The average molecular weight is 395 g/mol. The highest BCUT2D eigenvalue weighted by Gasteiger charge is 2.54. The first kappa shape index (κ1) is 18.2. The number of hydrogen-bond donors (Lipinski definition) is 1. The van der Waals surface area contributed by atoms with E-state index in [0.29, 0.717) is 0 Å². The third-order valence-electron chi connectivity index (χ3n) is 7.26. The Morgan fingerprint density at radius 1 is 0.893 bits per heavy atom. The summed E-state index contributed by atoms with van der Waals surface area (Å²) in [4.78, 5) is 16.0. The second kappa shape index (κ2) is 7.20. The van der Waals surface area contributed by atoms with Gasteiger partial charge in [-0.15, -0.1) is 0 Å². The zero-order valence-corrected chi connectivity index (χ0v) is 16.9. The van der Waals surface area contributed by atoms with Crippen LogP contribution in [0.3, 0.4) is 0 Å². The monoisotopic (exact) mass is 394 g/mol. The average Bonchev–Trinajstić information content (AvgIpc) is 3.19. The van der Waals surface area contributed by atoms with Crippen molar-refractivity contribution in [1.29, 1.82) is 0 Å². The van der Waals surface area contributed by atoms with Crippen LogP contribution < -0.4 is 5.32 Å².